The number of hydrogen-bond donors (Lipinski definition) is 1. The molecular formula is C19H17BrN2O3. The number of halogens is 1. The summed E-state index contributed by atoms with van der Waals surface area (Å²) in [5.74, 6) is -1.52. The number of hydrogen-bond acceptors (Lipinski definition) is 4. The van der Waals surface area contributed by atoms with E-state index in [1.54, 1.807) is 6.92 Å². The van der Waals surface area contributed by atoms with Crippen LogP contribution in [0.1, 0.15) is 24.1 Å². The molecule has 0 spiro atoms. The summed E-state index contributed by atoms with van der Waals surface area (Å²) in [6.07, 6.45) is 0. The van der Waals surface area contributed by atoms with E-state index in [4.69, 9.17) is 4.74 Å². The van der Waals surface area contributed by atoms with Crippen LogP contribution in [0.4, 0.5) is 0 Å². The van der Waals surface area contributed by atoms with Crippen molar-refractivity contribution >= 4 is 33.6 Å². The van der Waals surface area contributed by atoms with Crippen molar-refractivity contribution < 1.29 is 14.3 Å². The number of aliphatic imine (C=N–C) groups is 1. The van der Waals surface area contributed by atoms with Crippen LogP contribution in [0.5, 0.6) is 0 Å². The zero-order chi connectivity index (χ0) is 17.8. The van der Waals surface area contributed by atoms with Crippen LogP contribution < -0.4 is 5.32 Å². The van der Waals surface area contributed by atoms with Crippen LogP contribution in [0, 0.1) is 5.92 Å². The number of esters is 1. The SMILES string of the molecule is CCOC(=O)C1C(=O)NC(c2ccccc2)=NC1c1ccc(Br)cc1. The second-order valence-electron chi connectivity index (χ2n) is 5.56. The average Bonchev–Trinajstić information content (AvgIpc) is 2.62. The largest absolute Gasteiger partial charge is 0.465 e. The van der Waals surface area contributed by atoms with Gasteiger partial charge in [-0.05, 0) is 24.6 Å². The lowest BCUT2D eigenvalue weighted by Gasteiger charge is -2.28. The number of nitrogens with zero attached hydrogens (tertiary/aromatic N) is 1. The fraction of sp³-hybridized carbons (Fsp3) is 0.211. The Balaban J connectivity index is 2.05. The second kappa shape index (κ2) is 7.61. The summed E-state index contributed by atoms with van der Waals surface area (Å²) in [6.45, 7) is 1.93. The Hall–Kier alpha value is -2.47. The first-order valence-electron chi connectivity index (χ1n) is 7.96. The van der Waals surface area contributed by atoms with Crippen molar-refractivity contribution in [1.29, 1.82) is 0 Å². The summed E-state index contributed by atoms with van der Waals surface area (Å²) in [5.41, 5.74) is 1.57. The van der Waals surface area contributed by atoms with Gasteiger partial charge in [0.2, 0.25) is 5.91 Å². The monoisotopic (exact) mass is 400 g/mol. The van der Waals surface area contributed by atoms with Crippen LogP contribution in [0.15, 0.2) is 64.1 Å². The first kappa shape index (κ1) is 17.4. The zero-order valence-corrected chi connectivity index (χ0v) is 15.2. The van der Waals surface area contributed by atoms with E-state index in [0.717, 1.165) is 15.6 Å². The summed E-state index contributed by atoms with van der Waals surface area (Å²) in [5, 5.41) is 2.73. The van der Waals surface area contributed by atoms with Gasteiger partial charge in [-0.1, -0.05) is 58.4 Å². The standard InChI is InChI=1S/C19H17BrN2O3/c1-2-25-19(24)15-16(12-8-10-14(20)11-9-12)21-17(22-18(15)23)13-6-4-3-5-7-13/h3-11,15-16H,2H2,1H3,(H,21,22,23). The predicted molar refractivity (Wildman–Crippen MR) is 98.1 cm³/mol. The summed E-state index contributed by atoms with van der Waals surface area (Å²) in [7, 11) is 0. The normalized spacial score (nSPS) is 19.8. The van der Waals surface area contributed by atoms with Gasteiger partial charge >= 0.3 is 5.97 Å². The molecule has 0 saturated heterocycles. The number of nitrogens with one attached hydrogen (secondary N) is 1. The van der Waals surface area contributed by atoms with Crippen molar-refractivity contribution in [1.82, 2.24) is 5.32 Å². The molecule has 1 heterocycles. The van der Waals surface area contributed by atoms with E-state index >= 15 is 0 Å². The highest BCUT2D eigenvalue weighted by atomic mass is 79.9. The lowest BCUT2D eigenvalue weighted by atomic mass is 9.90. The molecule has 2 unspecified atom stereocenters. The molecule has 0 fully saturated rings. The molecule has 2 aromatic carbocycles. The van der Waals surface area contributed by atoms with Crippen molar-refractivity contribution in [2.45, 2.75) is 13.0 Å². The quantitative estimate of drug-likeness (QED) is 0.632. The van der Waals surface area contributed by atoms with Crippen molar-refractivity contribution in [2.75, 3.05) is 6.61 Å². The first-order chi connectivity index (χ1) is 12.1. The van der Waals surface area contributed by atoms with Crippen LogP contribution in [0.25, 0.3) is 0 Å². The third-order valence-corrected chi connectivity index (χ3v) is 4.44. The van der Waals surface area contributed by atoms with E-state index in [-0.39, 0.29) is 6.61 Å². The highest BCUT2D eigenvalue weighted by Crippen LogP contribution is 2.32. The van der Waals surface area contributed by atoms with Gasteiger partial charge in [-0.15, -0.1) is 0 Å². The van der Waals surface area contributed by atoms with Crippen LogP contribution in [0.2, 0.25) is 0 Å². The third kappa shape index (κ3) is 3.79. The minimum absolute atomic E-state index is 0.213. The summed E-state index contributed by atoms with van der Waals surface area (Å²) in [4.78, 5) is 29.6. The van der Waals surface area contributed by atoms with Gasteiger partial charge in [-0.2, -0.15) is 0 Å². The number of rotatable bonds is 4. The molecule has 0 aromatic heterocycles. The van der Waals surface area contributed by atoms with E-state index in [9.17, 15) is 9.59 Å². The Labute approximate surface area is 154 Å². The average molecular weight is 401 g/mol. The van der Waals surface area contributed by atoms with Crippen LogP contribution in [0.3, 0.4) is 0 Å². The minimum Gasteiger partial charge on any atom is -0.465 e. The number of carbonyl (C=O) groups is 2. The Kier molecular flexibility index (Phi) is 5.28. The zero-order valence-electron chi connectivity index (χ0n) is 13.6. The van der Waals surface area contributed by atoms with E-state index < -0.39 is 23.8 Å². The van der Waals surface area contributed by atoms with E-state index in [0.29, 0.717) is 5.84 Å². The van der Waals surface area contributed by atoms with Gasteiger partial charge < -0.3 is 10.1 Å². The van der Waals surface area contributed by atoms with E-state index in [2.05, 4.69) is 26.2 Å². The van der Waals surface area contributed by atoms with Gasteiger partial charge in [0.1, 0.15) is 5.84 Å². The Morgan fingerprint density at radius 1 is 1.16 bits per heavy atom. The summed E-state index contributed by atoms with van der Waals surface area (Å²) < 4.78 is 6.00. The fourth-order valence-electron chi connectivity index (χ4n) is 2.72. The van der Waals surface area contributed by atoms with E-state index in [1.807, 2.05) is 54.6 Å². The Morgan fingerprint density at radius 3 is 2.48 bits per heavy atom. The highest BCUT2D eigenvalue weighted by Gasteiger charge is 2.41. The van der Waals surface area contributed by atoms with Crippen molar-refractivity contribution in [3.63, 3.8) is 0 Å². The predicted octanol–water partition coefficient (Wildman–Crippen LogP) is 3.25. The number of ether oxygens (including phenoxy) is 1. The molecule has 5 nitrogen and oxygen atoms in total. The summed E-state index contributed by atoms with van der Waals surface area (Å²) in [6, 6.07) is 16.2. The second-order valence-corrected chi connectivity index (χ2v) is 6.47. The highest BCUT2D eigenvalue weighted by molar-refractivity contribution is 9.10. The van der Waals surface area contributed by atoms with Gasteiger partial charge in [-0.3, -0.25) is 14.6 Å². The number of amides is 1. The molecule has 1 aliphatic rings. The fourth-order valence-corrected chi connectivity index (χ4v) is 2.99. The van der Waals surface area contributed by atoms with Crippen LogP contribution in [-0.2, 0) is 14.3 Å². The molecule has 6 heteroatoms. The molecule has 2 aromatic rings. The molecule has 0 bridgehead atoms. The van der Waals surface area contributed by atoms with Gasteiger partial charge in [-0.25, -0.2) is 0 Å². The maximum atomic E-state index is 12.6. The van der Waals surface area contributed by atoms with Crippen molar-refractivity contribution in [3.05, 3.63) is 70.2 Å². The van der Waals surface area contributed by atoms with Crippen LogP contribution >= 0.6 is 15.9 Å². The maximum Gasteiger partial charge on any atom is 0.321 e. The molecule has 1 amide bonds. The molecule has 128 valence electrons. The summed E-state index contributed by atoms with van der Waals surface area (Å²) >= 11 is 3.39. The van der Waals surface area contributed by atoms with Crippen LogP contribution in [-0.4, -0.2) is 24.3 Å². The van der Waals surface area contributed by atoms with Gasteiger partial charge in [0.05, 0.1) is 12.6 Å². The first-order valence-corrected chi connectivity index (χ1v) is 8.75. The Morgan fingerprint density at radius 2 is 1.84 bits per heavy atom. The van der Waals surface area contributed by atoms with Crippen molar-refractivity contribution in [2.24, 2.45) is 10.9 Å². The molecule has 2 atom stereocenters. The van der Waals surface area contributed by atoms with Gasteiger partial charge in [0.25, 0.3) is 0 Å². The smallest absolute Gasteiger partial charge is 0.321 e. The molecule has 1 N–H and O–H groups in total. The Bertz CT molecular complexity index is 803. The molecule has 1 aliphatic heterocycles. The van der Waals surface area contributed by atoms with E-state index in [1.165, 1.54) is 0 Å². The lowest BCUT2D eigenvalue weighted by molar-refractivity contribution is -0.153. The molecule has 0 aliphatic carbocycles. The van der Waals surface area contributed by atoms with Gasteiger partial charge in [0.15, 0.2) is 5.92 Å². The van der Waals surface area contributed by atoms with Gasteiger partial charge in [0, 0.05) is 10.0 Å². The minimum atomic E-state index is -1.01. The molecule has 0 radical (unpaired) electrons. The number of amidine groups is 1. The number of carbonyl (C=O) groups excluding carboxylic acids is 2. The lowest BCUT2D eigenvalue weighted by Crippen LogP contribution is -2.47. The molecule has 0 saturated carbocycles. The number of benzene rings is 2. The molecule has 3 rings (SSSR count). The maximum absolute atomic E-state index is 12.6. The molecular weight excluding hydrogens is 384 g/mol. The van der Waals surface area contributed by atoms with Crippen molar-refractivity contribution in [3.8, 4) is 0 Å². The topological polar surface area (TPSA) is 67.8 Å². The molecule has 25 heavy (non-hydrogen) atoms. The third-order valence-electron chi connectivity index (χ3n) is 3.91.